The number of carbonyl (C=O) groups is 1. The Hall–Kier alpha value is -2.34. The lowest BCUT2D eigenvalue weighted by Gasteiger charge is -2.16. The first-order valence-corrected chi connectivity index (χ1v) is 7.48. The SMILES string of the molecule is CN(CCc1cccs1)c1nc2ccccn2c1C(=O)O. The fraction of sp³-hybridized carbons (Fsp3) is 0.200. The van der Waals surface area contributed by atoms with Crippen LogP contribution in [0.3, 0.4) is 0 Å². The zero-order valence-electron chi connectivity index (χ0n) is 11.6. The van der Waals surface area contributed by atoms with Crippen LogP contribution in [0.5, 0.6) is 0 Å². The number of hydrogen-bond donors (Lipinski definition) is 1. The number of carboxylic acid groups (broad SMARTS) is 1. The fourth-order valence-corrected chi connectivity index (χ4v) is 2.99. The van der Waals surface area contributed by atoms with Crippen LogP contribution < -0.4 is 4.90 Å². The molecule has 3 heterocycles. The van der Waals surface area contributed by atoms with Crippen molar-refractivity contribution >= 4 is 28.8 Å². The van der Waals surface area contributed by atoms with Crippen molar-refractivity contribution in [3.63, 3.8) is 0 Å². The smallest absolute Gasteiger partial charge is 0.356 e. The summed E-state index contributed by atoms with van der Waals surface area (Å²) in [6.45, 7) is 0.727. The van der Waals surface area contributed by atoms with Gasteiger partial charge >= 0.3 is 5.97 Å². The van der Waals surface area contributed by atoms with Gasteiger partial charge < -0.3 is 10.0 Å². The van der Waals surface area contributed by atoms with Crippen molar-refractivity contribution in [1.82, 2.24) is 9.38 Å². The molecule has 0 spiro atoms. The molecule has 3 aromatic rings. The summed E-state index contributed by atoms with van der Waals surface area (Å²) in [6, 6.07) is 9.57. The van der Waals surface area contributed by atoms with E-state index in [4.69, 9.17) is 0 Å². The van der Waals surface area contributed by atoms with E-state index in [-0.39, 0.29) is 5.69 Å². The quantitative estimate of drug-likeness (QED) is 0.787. The van der Waals surface area contributed by atoms with Crippen molar-refractivity contribution in [3.05, 3.63) is 52.5 Å². The van der Waals surface area contributed by atoms with Gasteiger partial charge in [-0.2, -0.15) is 0 Å². The van der Waals surface area contributed by atoms with E-state index in [1.165, 1.54) is 4.88 Å². The Kier molecular flexibility index (Phi) is 3.62. The maximum atomic E-state index is 11.5. The molecule has 0 saturated carbocycles. The van der Waals surface area contributed by atoms with E-state index in [9.17, 15) is 9.90 Å². The van der Waals surface area contributed by atoms with E-state index in [1.54, 1.807) is 28.0 Å². The number of aromatic carboxylic acids is 1. The van der Waals surface area contributed by atoms with Crippen molar-refractivity contribution in [1.29, 1.82) is 0 Å². The Labute approximate surface area is 126 Å². The third kappa shape index (κ3) is 2.62. The number of pyridine rings is 1. The number of hydrogen-bond acceptors (Lipinski definition) is 4. The number of fused-ring (bicyclic) bond motifs is 1. The largest absolute Gasteiger partial charge is 0.476 e. The minimum Gasteiger partial charge on any atom is -0.476 e. The Morgan fingerprint density at radius 1 is 1.38 bits per heavy atom. The maximum Gasteiger partial charge on any atom is 0.356 e. The minimum atomic E-state index is -0.966. The molecule has 3 aromatic heterocycles. The van der Waals surface area contributed by atoms with Gasteiger partial charge in [-0.1, -0.05) is 12.1 Å². The molecular formula is C15H15N3O2S. The van der Waals surface area contributed by atoms with E-state index in [0.717, 1.165) is 13.0 Å². The predicted octanol–water partition coefficient (Wildman–Crippen LogP) is 2.77. The molecule has 6 heteroatoms. The van der Waals surface area contributed by atoms with Crippen molar-refractivity contribution in [2.75, 3.05) is 18.5 Å². The van der Waals surface area contributed by atoms with Gasteiger partial charge in [0.25, 0.3) is 0 Å². The second-order valence-corrected chi connectivity index (χ2v) is 5.80. The Balaban J connectivity index is 1.91. The van der Waals surface area contributed by atoms with Gasteiger partial charge in [0.2, 0.25) is 0 Å². The van der Waals surface area contributed by atoms with E-state index in [2.05, 4.69) is 11.1 Å². The summed E-state index contributed by atoms with van der Waals surface area (Å²) >= 11 is 1.71. The summed E-state index contributed by atoms with van der Waals surface area (Å²) in [6.07, 6.45) is 2.60. The molecule has 0 amide bonds. The molecule has 0 aliphatic carbocycles. The van der Waals surface area contributed by atoms with Crippen LogP contribution in [0.15, 0.2) is 41.9 Å². The molecular weight excluding hydrogens is 286 g/mol. The molecule has 21 heavy (non-hydrogen) atoms. The summed E-state index contributed by atoms with van der Waals surface area (Å²) in [7, 11) is 1.88. The first kappa shape index (κ1) is 13.6. The lowest BCUT2D eigenvalue weighted by atomic mass is 10.3. The molecule has 108 valence electrons. The molecule has 0 aliphatic heterocycles. The van der Waals surface area contributed by atoms with Gasteiger partial charge in [0.05, 0.1) is 0 Å². The van der Waals surface area contributed by atoms with E-state index in [1.807, 2.05) is 35.5 Å². The highest BCUT2D eigenvalue weighted by Crippen LogP contribution is 2.21. The van der Waals surface area contributed by atoms with Crippen LogP contribution in [-0.4, -0.2) is 34.1 Å². The first-order chi connectivity index (χ1) is 10.2. The molecule has 0 fully saturated rings. The third-order valence-electron chi connectivity index (χ3n) is 3.35. The number of nitrogens with zero attached hydrogens (tertiary/aromatic N) is 3. The average molecular weight is 301 g/mol. The topological polar surface area (TPSA) is 57.8 Å². The van der Waals surface area contributed by atoms with E-state index in [0.29, 0.717) is 11.5 Å². The fourth-order valence-electron chi connectivity index (χ4n) is 2.29. The van der Waals surface area contributed by atoms with Gasteiger partial charge in [0, 0.05) is 24.7 Å². The highest BCUT2D eigenvalue weighted by Gasteiger charge is 2.21. The number of likely N-dealkylation sites (N-methyl/N-ethyl adjacent to an activating group) is 1. The maximum absolute atomic E-state index is 11.5. The number of carboxylic acids is 1. The average Bonchev–Trinajstić information content (AvgIpc) is 3.11. The summed E-state index contributed by atoms with van der Waals surface area (Å²) in [5.41, 5.74) is 0.854. The van der Waals surface area contributed by atoms with Gasteiger partial charge in [-0.05, 0) is 30.0 Å². The standard InChI is InChI=1S/C15H15N3O2S/c1-17(9-7-11-5-4-10-21-11)14-13(15(19)20)18-8-3-2-6-12(18)16-14/h2-6,8,10H,7,9H2,1H3,(H,19,20). The van der Waals surface area contributed by atoms with Crippen molar-refractivity contribution in [2.45, 2.75) is 6.42 Å². The molecule has 0 bridgehead atoms. The summed E-state index contributed by atoms with van der Waals surface area (Å²) in [5.74, 6) is -0.461. The zero-order chi connectivity index (χ0) is 14.8. The first-order valence-electron chi connectivity index (χ1n) is 6.60. The molecule has 1 N–H and O–H groups in total. The number of rotatable bonds is 5. The summed E-state index contributed by atoms with van der Waals surface area (Å²) in [5, 5.41) is 11.5. The van der Waals surface area contributed by atoms with Crippen LogP contribution in [0.1, 0.15) is 15.4 Å². The molecule has 0 atom stereocenters. The molecule has 3 rings (SSSR count). The van der Waals surface area contributed by atoms with Gasteiger partial charge in [-0.15, -0.1) is 11.3 Å². The monoisotopic (exact) mass is 301 g/mol. The highest BCUT2D eigenvalue weighted by atomic mass is 32.1. The predicted molar refractivity (Wildman–Crippen MR) is 83.4 cm³/mol. The van der Waals surface area contributed by atoms with Crippen LogP contribution in [-0.2, 0) is 6.42 Å². The second-order valence-electron chi connectivity index (χ2n) is 4.77. The molecule has 0 aromatic carbocycles. The Morgan fingerprint density at radius 3 is 2.95 bits per heavy atom. The van der Waals surface area contributed by atoms with E-state index >= 15 is 0 Å². The zero-order valence-corrected chi connectivity index (χ0v) is 12.4. The molecule has 0 saturated heterocycles. The second kappa shape index (κ2) is 5.57. The van der Waals surface area contributed by atoms with Crippen molar-refractivity contribution in [2.24, 2.45) is 0 Å². The minimum absolute atomic E-state index is 0.208. The number of thiophene rings is 1. The lowest BCUT2D eigenvalue weighted by Crippen LogP contribution is -2.23. The Bertz CT molecular complexity index is 764. The lowest BCUT2D eigenvalue weighted by molar-refractivity contribution is 0.0690. The number of imidazole rings is 1. The van der Waals surface area contributed by atoms with Crippen LogP contribution in [0.25, 0.3) is 5.65 Å². The van der Waals surface area contributed by atoms with Crippen LogP contribution in [0.4, 0.5) is 5.82 Å². The van der Waals surface area contributed by atoms with Crippen LogP contribution in [0.2, 0.25) is 0 Å². The van der Waals surface area contributed by atoms with Crippen molar-refractivity contribution in [3.8, 4) is 0 Å². The number of anilines is 1. The summed E-state index contributed by atoms with van der Waals surface area (Å²) < 4.78 is 1.61. The molecule has 0 aliphatic rings. The Morgan fingerprint density at radius 2 is 2.24 bits per heavy atom. The molecule has 5 nitrogen and oxygen atoms in total. The van der Waals surface area contributed by atoms with Gasteiger partial charge in [-0.25, -0.2) is 9.78 Å². The van der Waals surface area contributed by atoms with Crippen LogP contribution >= 0.6 is 11.3 Å². The third-order valence-corrected chi connectivity index (χ3v) is 4.29. The molecule has 0 radical (unpaired) electrons. The van der Waals surface area contributed by atoms with Gasteiger partial charge in [-0.3, -0.25) is 4.40 Å². The summed E-state index contributed by atoms with van der Waals surface area (Å²) in [4.78, 5) is 19.2. The van der Waals surface area contributed by atoms with Crippen LogP contribution in [0, 0.1) is 0 Å². The normalized spacial score (nSPS) is 10.9. The van der Waals surface area contributed by atoms with E-state index < -0.39 is 5.97 Å². The van der Waals surface area contributed by atoms with Crippen molar-refractivity contribution < 1.29 is 9.90 Å². The highest BCUT2D eigenvalue weighted by molar-refractivity contribution is 7.09. The van der Waals surface area contributed by atoms with Gasteiger partial charge in [0.1, 0.15) is 5.65 Å². The molecule has 0 unspecified atom stereocenters. The van der Waals surface area contributed by atoms with Gasteiger partial charge in [0.15, 0.2) is 11.5 Å². The number of aromatic nitrogens is 2.